The third kappa shape index (κ3) is 3.01. The molecule has 0 fully saturated rings. The maximum atomic E-state index is 8.95. The standard InChI is InChI=1S/C7H14O2/c1-3-5-7(9)6(8)4-2/h8-9H,3-5H2,1-2H3. The Bertz CT molecular complexity index is 105. The molecule has 2 N–H and O–H groups in total. The molecular formula is C7H14O2. The van der Waals surface area contributed by atoms with E-state index in [-0.39, 0.29) is 11.5 Å². The smallest absolute Gasteiger partial charge is 0.129 e. The molecule has 0 aliphatic heterocycles. The Morgan fingerprint density at radius 3 is 2.00 bits per heavy atom. The molecule has 0 heterocycles. The van der Waals surface area contributed by atoms with Gasteiger partial charge in [0.1, 0.15) is 11.5 Å². The molecule has 0 bridgehead atoms. The van der Waals surface area contributed by atoms with E-state index in [4.69, 9.17) is 10.2 Å². The first-order valence-corrected chi connectivity index (χ1v) is 3.32. The van der Waals surface area contributed by atoms with Gasteiger partial charge in [-0.05, 0) is 6.42 Å². The van der Waals surface area contributed by atoms with Crippen LogP contribution in [0.25, 0.3) is 0 Å². The van der Waals surface area contributed by atoms with E-state index in [9.17, 15) is 0 Å². The van der Waals surface area contributed by atoms with Crippen LogP contribution in [0.4, 0.5) is 0 Å². The maximum absolute atomic E-state index is 8.95. The zero-order chi connectivity index (χ0) is 7.28. The molecule has 0 radical (unpaired) electrons. The number of aliphatic hydroxyl groups is 2. The molecule has 0 saturated heterocycles. The molecule has 0 spiro atoms. The molecule has 0 aromatic rings. The molecule has 9 heavy (non-hydrogen) atoms. The third-order valence-electron chi connectivity index (χ3n) is 1.15. The Balaban J connectivity index is 3.78. The summed E-state index contributed by atoms with van der Waals surface area (Å²) in [5, 5.41) is 17.8. The highest BCUT2D eigenvalue weighted by atomic mass is 16.3. The SMILES string of the molecule is CCCC(O)=C(O)CC. The van der Waals surface area contributed by atoms with Crippen LogP contribution in [-0.4, -0.2) is 10.2 Å². The van der Waals surface area contributed by atoms with Crippen molar-refractivity contribution in [2.75, 3.05) is 0 Å². The normalized spacial score (nSPS) is 13.1. The van der Waals surface area contributed by atoms with Gasteiger partial charge in [-0.3, -0.25) is 0 Å². The molecule has 54 valence electrons. The predicted molar refractivity (Wildman–Crippen MR) is 37.5 cm³/mol. The molecule has 2 nitrogen and oxygen atoms in total. The largest absolute Gasteiger partial charge is 0.509 e. The number of rotatable bonds is 3. The van der Waals surface area contributed by atoms with Crippen molar-refractivity contribution < 1.29 is 10.2 Å². The van der Waals surface area contributed by atoms with Gasteiger partial charge in [0.15, 0.2) is 0 Å². The Morgan fingerprint density at radius 1 is 1.11 bits per heavy atom. The van der Waals surface area contributed by atoms with E-state index in [0.29, 0.717) is 12.8 Å². The first kappa shape index (κ1) is 8.34. The first-order valence-electron chi connectivity index (χ1n) is 3.32. The average Bonchev–Trinajstić information content (AvgIpc) is 1.87. The Morgan fingerprint density at radius 2 is 1.67 bits per heavy atom. The number of allylic oxidation sites excluding steroid dienone is 2. The summed E-state index contributed by atoms with van der Waals surface area (Å²) in [6.07, 6.45) is 1.97. The minimum absolute atomic E-state index is 0.122. The van der Waals surface area contributed by atoms with Gasteiger partial charge in [0.25, 0.3) is 0 Å². The second-order valence-corrected chi connectivity index (χ2v) is 2.00. The summed E-state index contributed by atoms with van der Waals surface area (Å²) in [5.74, 6) is 0.261. The quantitative estimate of drug-likeness (QED) is 0.576. The fourth-order valence-corrected chi connectivity index (χ4v) is 0.585. The molecule has 0 aliphatic carbocycles. The number of hydrogen-bond donors (Lipinski definition) is 2. The van der Waals surface area contributed by atoms with Crippen LogP contribution < -0.4 is 0 Å². The van der Waals surface area contributed by atoms with Crippen molar-refractivity contribution in [2.45, 2.75) is 33.1 Å². The first-order chi connectivity index (χ1) is 4.22. The van der Waals surface area contributed by atoms with Crippen molar-refractivity contribution in [2.24, 2.45) is 0 Å². The molecule has 0 saturated carbocycles. The van der Waals surface area contributed by atoms with Crippen LogP contribution in [0.2, 0.25) is 0 Å². The average molecular weight is 130 g/mol. The Hall–Kier alpha value is -0.660. The summed E-state index contributed by atoms with van der Waals surface area (Å²) in [6, 6.07) is 0. The van der Waals surface area contributed by atoms with Crippen LogP contribution in [0.1, 0.15) is 33.1 Å². The third-order valence-corrected chi connectivity index (χ3v) is 1.15. The summed E-state index contributed by atoms with van der Waals surface area (Å²) < 4.78 is 0. The van der Waals surface area contributed by atoms with Crippen LogP contribution in [0, 0.1) is 0 Å². The summed E-state index contributed by atoms with van der Waals surface area (Å²) in [7, 11) is 0. The van der Waals surface area contributed by atoms with E-state index in [1.807, 2.05) is 6.92 Å². The fourth-order valence-electron chi connectivity index (χ4n) is 0.585. The summed E-state index contributed by atoms with van der Waals surface area (Å²) in [4.78, 5) is 0. The van der Waals surface area contributed by atoms with Gasteiger partial charge in [-0.25, -0.2) is 0 Å². The molecule has 0 atom stereocenters. The van der Waals surface area contributed by atoms with Crippen molar-refractivity contribution in [3.63, 3.8) is 0 Å². The second kappa shape index (κ2) is 4.24. The van der Waals surface area contributed by atoms with E-state index in [1.165, 1.54) is 0 Å². The minimum Gasteiger partial charge on any atom is -0.509 e. The highest BCUT2D eigenvalue weighted by Gasteiger charge is 1.97. The van der Waals surface area contributed by atoms with Gasteiger partial charge in [0, 0.05) is 12.8 Å². The minimum atomic E-state index is 0.122. The van der Waals surface area contributed by atoms with Crippen LogP contribution in [0.5, 0.6) is 0 Å². The van der Waals surface area contributed by atoms with E-state index < -0.39 is 0 Å². The lowest BCUT2D eigenvalue weighted by Crippen LogP contribution is -1.88. The molecule has 0 unspecified atom stereocenters. The zero-order valence-corrected chi connectivity index (χ0v) is 6.02. The van der Waals surface area contributed by atoms with Crippen LogP contribution in [0.3, 0.4) is 0 Å². The van der Waals surface area contributed by atoms with Gasteiger partial charge in [-0.15, -0.1) is 0 Å². The lowest BCUT2D eigenvalue weighted by Gasteiger charge is -1.98. The highest BCUT2D eigenvalue weighted by Crippen LogP contribution is 2.07. The predicted octanol–water partition coefficient (Wildman–Crippen LogP) is 2.52. The van der Waals surface area contributed by atoms with Gasteiger partial charge in [0.05, 0.1) is 0 Å². The maximum Gasteiger partial charge on any atom is 0.129 e. The molecule has 2 heteroatoms. The van der Waals surface area contributed by atoms with Gasteiger partial charge in [-0.2, -0.15) is 0 Å². The summed E-state index contributed by atoms with van der Waals surface area (Å²) >= 11 is 0. The van der Waals surface area contributed by atoms with E-state index in [2.05, 4.69) is 0 Å². The fraction of sp³-hybridized carbons (Fsp3) is 0.714. The Labute approximate surface area is 55.8 Å². The highest BCUT2D eigenvalue weighted by molar-refractivity contribution is 4.96. The summed E-state index contributed by atoms with van der Waals surface area (Å²) in [5.41, 5.74) is 0. The van der Waals surface area contributed by atoms with Crippen molar-refractivity contribution in [3.8, 4) is 0 Å². The molecule has 0 aliphatic rings. The molecule has 0 aromatic heterocycles. The van der Waals surface area contributed by atoms with Gasteiger partial charge in [0.2, 0.25) is 0 Å². The van der Waals surface area contributed by atoms with E-state index in [1.54, 1.807) is 6.92 Å². The van der Waals surface area contributed by atoms with Crippen LogP contribution in [0.15, 0.2) is 11.5 Å². The molecule has 0 amide bonds. The lowest BCUT2D eigenvalue weighted by atomic mass is 10.2. The van der Waals surface area contributed by atoms with Crippen LogP contribution >= 0.6 is 0 Å². The molecular weight excluding hydrogens is 116 g/mol. The summed E-state index contributed by atoms with van der Waals surface area (Å²) in [6.45, 7) is 3.76. The Kier molecular flexibility index (Phi) is 3.93. The molecule has 0 rings (SSSR count). The topological polar surface area (TPSA) is 40.5 Å². The van der Waals surface area contributed by atoms with Crippen molar-refractivity contribution >= 4 is 0 Å². The van der Waals surface area contributed by atoms with E-state index >= 15 is 0 Å². The molecule has 0 aromatic carbocycles. The van der Waals surface area contributed by atoms with Crippen LogP contribution in [-0.2, 0) is 0 Å². The number of hydrogen-bond acceptors (Lipinski definition) is 2. The van der Waals surface area contributed by atoms with Gasteiger partial charge in [-0.1, -0.05) is 13.8 Å². The van der Waals surface area contributed by atoms with Crippen molar-refractivity contribution in [3.05, 3.63) is 11.5 Å². The lowest BCUT2D eigenvalue weighted by molar-refractivity contribution is 0.301. The van der Waals surface area contributed by atoms with Crippen molar-refractivity contribution in [1.82, 2.24) is 0 Å². The zero-order valence-electron chi connectivity index (χ0n) is 6.02. The van der Waals surface area contributed by atoms with Gasteiger partial charge >= 0.3 is 0 Å². The van der Waals surface area contributed by atoms with Gasteiger partial charge < -0.3 is 10.2 Å². The van der Waals surface area contributed by atoms with Crippen molar-refractivity contribution in [1.29, 1.82) is 0 Å². The monoisotopic (exact) mass is 130 g/mol. The second-order valence-electron chi connectivity index (χ2n) is 2.00. The van der Waals surface area contributed by atoms with E-state index in [0.717, 1.165) is 6.42 Å². The number of aliphatic hydroxyl groups excluding tert-OH is 2.